The van der Waals surface area contributed by atoms with Crippen LogP contribution in [0.1, 0.15) is 32.8 Å². The van der Waals surface area contributed by atoms with Gasteiger partial charge in [-0.1, -0.05) is 26.0 Å². The van der Waals surface area contributed by atoms with Crippen LogP contribution in [0.4, 0.5) is 10.5 Å². The van der Waals surface area contributed by atoms with Crippen molar-refractivity contribution in [3.05, 3.63) is 29.8 Å². The molecule has 1 saturated heterocycles. The molecule has 1 aromatic rings. The highest BCUT2D eigenvalue weighted by Gasteiger charge is 2.25. The van der Waals surface area contributed by atoms with Gasteiger partial charge in [-0.15, -0.1) is 0 Å². The van der Waals surface area contributed by atoms with E-state index >= 15 is 0 Å². The number of carbonyl (C=O) groups excluding carboxylic acids is 2. The zero-order valence-corrected chi connectivity index (χ0v) is 13.6. The summed E-state index contributed by atoms with van der Waals surface area (Å²) in [5, 5.41) is 5.71. The van der Waals surface area contributed by atoms with Crippen molar-refractivity contribution in [2.75, 3.05) is 18.4 Å². The quantitative estimate of drug-likeness (QED) is 0.902. The standard InChI is InChI=1S/C17H25N3O2/c1-12-7-13(2)11-20(10-12)17(22)18-9-15-5-4-6-16(8-15)19-14(3)21/h4-6,8,12-13H,7,9-11H2,1-3H3,(H,18,22)(H,19,21). The average molecular weight is 303 g/mol. The van der Waals surface area contributed by atoms with Gasteiger partial charge in [0, 0.05) is 32.2 Å². The Bertz CT molecular complexity index is 534. The van der Waals surface area contributed by atoms with Crippen LogP contribution in [0.25, 0.3) is 0 Å². The fourth-order valence-corrected chi connectivity index (χ4v) is 3.08. The minimum absolute atomic E-state index is 0.0108. The number of hydrogen-bond acceptors (Lipinski definition) is 2. The topological polar surface area (TPSA) is 61.4 Å². The Morgan fingerprint density at radius 2 is 1.91 bits per heavy atom. The average Bonchev–Trinajstić information content (AvgIpc) is 2.43. The lowest BCUT2D eigenvalue weighted by Crippen LogP contribution is -2.47. The summed E-state index contributed by atoms with van der Waals surface area (Å²) in [5.41, 5.74) is 1.72. The van der Waals surface area contributed by atoms with Crippen molar-refractivity contribution in [2.45, 2.75) is 33.7 Å². The van der Waals surface area contributed by atoms with E-state index in [4.69, 9.17) is 0 Å². The van der Waals surface area contributed by atoms with E-state index in [0.29, 0.717) is 18.4 Å². The molecule has 1 fully saturated rings. The highest BCUT2D eigenvalue weighted by atomic mass is 16.2. The summed E-state index contributed by atoms with van der Waals surface area (Å²) in [4.78, 5) is 25.2. The molecular formula is C17H25N3O2. The molecule has 1 aromatic carbocycles. The molecule has 0 aliphatic carbocycles. The van der Waals surface area contributed by atoms with E-state index in [2.05, 4.69) is 24.5 Å². The fraction of sp³-hybridized carbons (Fsp3) is 0.529. The zero-order chi connectivity index (χ0) is 16.1. The van der Waals surface area contributed by atoms with Crippen LogP contribution in [0.5, 0.6) is 0 Å². The lowest BCUT2D eigenvalue weighted by molar-refractivity contribution is -0.114. The highest BCUT2D eigenvalue weighted by Crippen LogP contribution is 2.20. The number of nitrogens with one attached hydrogen (secondary N) is 2. The van der Waals surface area contributed by atoms with Gasteiger partial charge >= 0.3 is 6.03 Å². The van der Waals surface area contributed by atoms with Crippen molar-refractivity contribution in [3.8, 4) is 0 Å². The Balaban J connectivity index is 1.89. The first-order chi connectivity index (χ1) is 10.4. The van der Waals surface area contributed by atoms with Gasteiger partial charge in [0.15, 0.2) is 0 Å². The molecule has 2 atom stereocenters. The summed E-state index contributed by atoms with van der Waals surface area (Å²) >= 11 is 0. The summed E-state index contributed by atoms with van der Waals surface area (Å²) in [6.45, 7) is 7.96. The van der Waals surface area contributed by atoms with Gasteiger partial charge in [-0.3, -0.25) is 4.79 Å². The first-order valence-corrected chi connectivity index (χ1v) is 7.83. The van der Waals surface area contributed by atoms with E-state index < -0.39 is 0 Å². The van der Waals surface area contributed by atoms with Gasteiger partial charge in [-0.2, -0.15) is 0 Å². The number of nitrogens with zero attached hydrogens (tertiary/aromatic N) is 1. The predicted octanol–water partition coefficient (Wildman–Crippen LogP) is 2.83. The van der Waals surface area contributed by atoms with E-state index in [1.165, 1.54) is 13.3 Å². The fourth-order valence-electron chi connectivity index (χ4n) is 3.08. The number of rotatable bonds is 3. The maximum Gasteiger partial charge on any atom is 0.317 e. The first-order valence-electron chi connectivity index (χ1n) is 7.83. The molecule has 2 rings (SSSR count). The minimum atomic E-state index is -0.0996. The SMILES string of the molecule is CC(=O)Nc1cccc(CNC(=O)N2CC(C)CC(C)C2)c1. The van der Waals surface area contributed by atoms with Crippen LogP contribution in [-0.2, 0) is 11.3 Å². The molecule has 2 unspecified atom stereocenters. The molecule has 3 amide bonds. The van der Waals surface area contributed by atoms with Crippen LogP contribution in [0.15, 0.2) is 24.3 Å². The second-order valence-corrected chi connectivity index (χ2v) is 6.39. The summed E-state index contributed by atoms with van der Waals surface area (Å²) in [7, 11) is 0. The van der Waals surface area contributed by atoms with Gasteiger partial charge in [-0.05, 0) is 36.0 Å². The number of carbonyl (C=O) groups is 2. The molecule has 0 bridgehead atoms. The lowest BCUT2D eigenvalue weighted by Gasteiger charge is -2.34. The molecule has 22 heavy (non-hydrogen) atoms. The van der Waals surface area contributed by atoms with Crippen molar-refractivity contribution < 1.29 is 9.59 Å². The lowest BCUT2D eigenvalue weighted by atomic mass is 9.92. The molecule has 0 saturated carbocycles. The van der Waals surface area contributed by atoms with E-state index in [0.717, 1.165) is 24.3 Å². The van der Waals surface area contributed by atoms with Crippen molar-refractivity contribution in [1.82, 2.24) is 10.2 Å². The van der Waals surface area contributed by atoms with Crippen LogP contribution in [0.2, 0.25) is 0 Å². The van der Waals surface area contributed by atoms with Crippen LogP contribution in [0.3, 0.4) is 0 Å². The Morgan fingerprint density at radius 1 is 1.23 bits per heavy atom. The number of urea groups is 1. The van der Waals surface area contributed by atoms with Crippen molar-refractivity contribution >= 4 is 17.6 Å². The molecular weight excluding hydrogens is 278 g/mol. The van der Waals surface area contributed by atoms with Gasteiger partial charge in [0.25, 0.3) is 0 Å². The van der Waals surface area contributed by atoms with Crippen LogP contribution in [-0.4, -0.2) is 29.9 Å². The summed E-state index contributed by atoms with van der Waals surface area (Å²) in [6, 6.07) is 7.51. The second kappa shape index (κ2) is 7.29. The molecule has 1 heterocycles. The van der Waals surface area contributed by atoms with E-state index in [9.17, 15) is 9.59 Å². The molecule has 0 aromatic heterocycles. The molecule has 1 aliphatic rings. The Kier molecular flexibility index (Phi) is 5.41. The van der Waals surface area contributed by atoms with Gasteiger partial charge < -0.3 is 15.5 Å². The number of amides is 3. The predicted molar refractivity (Wildman–Crippen MR) is 87.5 cm³/mol. The monoisotopic (exact) mass is 303 g/mol. The minimum Gasteiger partial charge on any atom is -0.334 e. The van der Waals surface area contributed by atoms with Crippen molar-refractivity contribution in [1.29, 1.82) is 0 Å². The molecule has 5 heteroatoms. The zero-order valence-electron chi connectivity index (χ0n) is 13.6. The molecule has 2 N–H and O–H groups in total. The van der Waals surface area contributed by atoms with Gasteiger partial charge in [-0.25, -0.2) is 4.79 Å². The van der Waals surface area contributed by atoms with E-state index in [-0.39, 0.29) is 11.9 Å². The Hall–Kier alpha value is -2.04. The number of hydrogen-bond donors (Lipinski definition) is 2. The highest BCUT2D eigenvalue weighted by molar-refractivity contribution is 5.88. The molecule has 0 spiro atoms. The summed E-state index contributed by atoms with van der Waals surface area (Å²) in [5.74, 6) is 1.01. The summed E-state index contributed by atoms with van der Waals surface area (Å²) in [6.07, 6.45) is 1.18. The molecule has 1 aliphatic heterocycles. The molecule has 0 radical (unpaired) electrons. The second-order valence-electron chi connectivity index (χ2n) is 6.39. The number of piperidine rings is 1. The van der Waals surface area contributed by atoms with Crippen LogP contribution >= 0.6 is 0 Å². The maximum absolute atomic E-state index is 12.3. The third kappa shape index (κ3) is 4.76. The number of likely N-dealkylation sites (tertiary alicyclic amines) is 1. The molecule has 120 valence electrons. The third-order valence-electron chi connectivity index (χ3n) is 3.85. The Morgan fingerprint density at radius 3 is 2.55 bits per heavy atom. The Labute approximate surface area is 132 Å². The first kappa shape index (κ1) is 16.3. The largest absolute Gasteiger partial charge is 0.334 e. The van der Waals surface area contributed by atoms with Crippen molar-refractivity contribution in [3.63, 3.8) is 0 Å². The van der Waals surface area contributed by atoms with Gasteiger partial charge in [0.2, 0.25) is 5.91 Å². The van der Waals surface area contributed by atoms with Gasteiger partial charge in [0.05, 0.1) is 0 Å². The smallest absolute Gasteiger partial charge is 0.317 e. The summed E-state index contributed by atoms with van der Waals surface area (Å²) < 4.78 is 0. The van der Waals surface area contributed by atoms with Crippen LogP contribution < -0.4 is 10.6 Å². The maximum atomic E-state index is 12.3. The molecule has 5 nitrogen and oxygen atoms in total. The van der Waals surface area contributed by atoms with Gasteiger partial charge in [0.1, 0.15) is 0 Å². The van der Waals surface area contributed by atoms with Crippen molar-refractivity contribution in [2.24, 2.45) is 11.8 Å². The normalized spacial score (nSPS) is 21.3. The third-order valence-corrected chi connectivity index (χ3v) is 3.85. The number of benzene rings is 1. The van der Waals surface area contributed by atoms with E-state index in [1.54, 1.807) is 0 Å². The van der Waals surface area contributed by atoms with E-state index in [1.807, 2.05) is 29.2 Å². The number of anilines is 1. The van der Waals surface area contributed by atoms with Crippen LogP contribution in [0, 0.1) is 11.8 Å².